The maximum atomic E-state index is 11.2. The number of nitrogens with two attached hydrogens (primary N) is 1. The SMILES string of the molecule is Cc1ccc(C)n1-c1ccc(Cl)c(C(N)=O)c1. The summed E-state index contributed by atoms with van der Waals surface area (Å²) in [7, 11) is 0. The predicted octanol–water partition coefficient (Wildman–Crippen LogP) is 2.85. The van der Waals surface area contributed by atoms with Crippen molar-refractivity contribution in [3.63, 3.8) is 0 Å². The molecule has 0 saturated heterocycles. The molecule has 0 aliphatic heterocycles. The molecule has 2 aromatic rings. The monoisotopic (exact) mass is 248 g/mol. The first kappa shape index (κ1) is 11.7. The van der Waals surface area contributed by atoms with Crippen LogP contribution in [0.5, 0.6) is 0 Å². The van der Waals surface area contributed by atoms with Crippen molar-refractivity contribution in [3.05, 3.63) is 52.3 Å². The van der Waals surface area contributed by atoms with Gasteiger partial charge in [-0.1, -0.05) is 11.6 Å². The minimum absolute atomic E-state index is 0.344. The number of benzene rings is 1. The number of nitrogens with zero attached hydrogens (tertiary/aromatic N) is 1. The first-order valence-electron chi connectivity index (χ1n) is 5.25. The van der Waals surface area contributed by atoms with Gasteiger partial charge in [-0.2, -0.15) is 0 Å². The molecular formula is C13H13ClN2O. The fraction of sp³-hybridized carbons (Fsp3) is 0.154. The Kier molecular flexibility index (Phi) is 2.94. The van der Waals surface area contributed by atoms with E-state index in [-0.39, 0.29) is 0 Å². The van der Waals surface area contributed by atoms with Crippen LogP contribution >= 0.6 is 11.6 Å². The molecule has 0 radical (unpaired) electrons. The van der Waals surface area contributed by atoms with Crippen LogP contribution in [0.3, 0.4) is 0 Å². The van der Waals surface area contributed by atoms with E-state index in [4.69, 9.17) is 17.3 Å². The van der Waals surface area contributed by atoms with Crippen LogP contribution in [0.15, 0.2) is 30.3 Å². The highest BCUT2D eigenvalue weighted by molar-refractivity contribution is 6.33. The molecule has 1 amide bonds. The maximum absolute atomic E-state index is 11.2. The highest BCUT2D eigenvalue weighted by atomic mass is 35.5. The number of aryl methyl sites for hydroxylation is 2. The summed E-state index contributed by atoms with van der Waals surface area (Å²) >= 11 is 5.92. The lowest BCUT2D eigenvalue weighted by atomic mass is 10.2. The largest absolute Gasteiger partial charge is 0.366 e. The molecule has 1 aromatic heterocycles. The molecule has 3 nitrogen and oxygen atoms in total. The Morgan fingerprint density at radius 2 is 1.76 bits per heavy atom. The minimum Gasteiger partial charge on any atom is -0.366 e. The van der Waals surface area contributed by atoms with E-state index < -0.39 is 5.91 Å². The van der Waals surface area contributed by atoms with Crippen molar-refractivity contribution in [2.75, 3.05) is 0 Å². The van der Waals surface area contributed by atoms with Gasteiger partial charge in [-0.25, -0.2) is 0 Å². The number of amides is 1. The Labute approximate surface area is 105 Å². The molecule has 88 valence electrons. The lowest BCUT2D eigenvalue weighted by Crippen LogP contribution is -2.12. The fourth-order valence-electron chi connectivity index (χ4n) is 1.92. The van der Waals surface area contributed by atoms with E-state index in [1.54, 1.807) is 12.1 Å². The third-order valence-corrected chi connectivity index (χ3v) is 3.07. The number of aromatic nitrogens is 1. The quantitative estimate of drug-likeness (QED) is 0.873. The third-order valence-electron chi connectivity index (χ3n) is 2.74. The van der Waals surface area contributed by atoms with Crippen LogP contribution in [-0.4, -0.2) is 10.5 Å². The van der Waals surface area contributed by atoms with E-state index in [1.165, 1.54) is 0 Å². The van der Waals surface area contributed by atoms with Crippen molar-refractivity contribution >= 4 is 17.5 Å². The highest BCUT2D eigenvalue weighted by Gasteiger charge is 2.10. The van der Waals surface area contributed by atoms with E-state index in [2.05, 4.69) is 0 Å². The van der Waals surface area contributed by atoms with E-state index in [9.17, 15) is 4.79 Å². The van der Waals surface area contributed by atoms with Gasteiger partial charge in [0.1, 0.15) is 0 Å². The van der Waals surface area contributed by atoms with E-state index >= 15 is 0 Å². The standard InChI is InChI=1S/C13H13ClN2O/c1-8-3-4-9(2)16(8)10-5-6-12(14)11(7-10)13(15)17/h3-7H,1-2H3,(H2,15,17). The van der Waals surface area contributed by atoms with E-state index in [0.29, 0.717) is 10.6 Å². The second-order valence-electron chi connectivity index (χ2n) is 3.98. The lowest BCUT2D eigenvalue weighted by molar-refractivity contribution is 0.100. The molecule has 0 unspecified atom stereocenters. The van der Waals surface area contributed by atoms with Crippen LogP contribution in [0.4, 0.5) is 0 Å². The molecule has 0 bridgehead atoms. The zero-order chi connectivity index (χ0) is 12.6. The highest BCUT2D eigenvalue weighted by Crippen LogP contribution is 2.22. The average molecular weight is 249 g/mol. The first-order valence-corrected chi connectivity index (χ1v) is 5.63. The van der Waals surface area contributed by atoms with E-state index in [1.807, 2.05) is 36.6 Å². The zero-order valence-corrected chi connectivity index (χ0v) is 10.5. The summed E-state index contributed by atoms with van der Waals surface area (Å²) in [5.74, 6) is -0.515. The number of hydrogen-bond donors (Lipinski definition) is 1. The zero-order valence-electron chi connectivity index (χ0n) is 9.70. The van der Waals surface area contributed by atoms with Crippen LogP contribution < -0.4 is 5.73 Å². The van der Waals surface area contributed by atoms with Crippen LogP contribution in [0.2, 0.25) is 5.02 Å². The predicted molar refractivity (Wildman–Crippen MR) is 68.8 cm³/mol. The van der Waals surface area contributed by atoms with E-state index in [0.717, 1.165) is 17.1 Å². The maximum Gasteiger partial charge on any atom is 0.250 e. The molecule has 2 rings (SSSR count). The van der Waals surface area contributed by atoms with Crippen LogP contribution in [0.25, 0.3) is 5.69 Å². The fourth-order valence-corrected chi connectivity index (χ4v) is 2.13. The molecule has 0 saturated carbocycles. The van der Waals surface area contributed by atoms with Crippen LogP contribution in [-0.2, 0) is 0 Å². The summed E-state index contributed by atoms with van der Waals surface area (Å²) in [6, 6.07) is 9.32. The van der Waals surface area contributed by atoms with Crippen molar-refractivity contribution < 1.29 is 4.79 Å². The van der Waals surface area contributed by atoms with Crippen molar-refractivity contribution in [1.29, 1.82) is 0 Å². The first-order chi connectivity index (χ1) is 8.00. The van der Waals surface area contributed by atoms with Gasteiger partial charge in [-0.3, -0.25) is 4.79 Å². The van der Waals surface area contributed by atoms with Gasteiger partial charge in [0, 0.05) is 17.1 Å². The normalized spacial score (nSPS) is 10.5. The Bertz CT molecular complexity index is 568. The number of halogens is 1. The van der Waals surface area contributed by atoms with Crippen molar-refractivity contribution in [1.82, 2.24) is 4.57 Å². The van der Waals surface area contributed by atoms with Gasteiger partial charge in [0.05, 0.1) is 10.6 Å². The number of primary amides is 1. The Morgan fingerprint density at radius 3 is 2.29 bits per heavy atom. The molecule has 0 aliphatic rings. The summed E-state index contributed by atoms with van der Waals surface area (Å²) in [5, 5.41) is 0.378. The average Bonchev–Trinajstić information content (AvgIpc) is 2.59. The summed E-state index contributed by atoms with van der Waals surface area (Å²) in [4.78, 5) is 11.2. The molecule has 0 atom stereocenters. The lowest BCUT2D eigenvalue weighted by Gasteiger charge is -2.11. The van der Waals surface area contributed by atoms with Crippen LogP contribution in [0, 0.1) is 13.8 Å². The number of carbonyl (C=O) groups is 1. The van der Waals surface area contributed by atoms with Gasteiger partial charge in [-0.05, 0) is 44.2 Å². The number of hydrogen-bond acceptors (Lipinski definition) is 1. The van der Waals surface area contributed by atoms with Gasteiger partial charge >= 0.3 is 0 Å². The Morgan fingerprint density at radius 1 is 1.18 bits per heavy atom. The van der Waals surface area contributed by atoms with Gasteiger partial charge < -0.3 is 10.3 Å². The second-order valence-corrected chi connectivity index (χ2v) is 4.39. The molecule has 2 N–H and O–H groups in total. The molecule has 0 aliphatic carbocycles. The smallest absolute Gasteiger partial charge is 0.250 e. The van der Waals surface area contributed by atoms with Gasteiger partial charge in [0.15, 0.2) is 0 Å². The van der Waals surface area contributed by atoms with Gasteiger partial charge in [0.2, 0.25) is 5.91 Å². The summed E-state index contributed by atoms with van der Waals surface area (Å²) in [6.45, 7) is 4.01. The Balaban J connectivity index is 2.62. The van der Waals surface area contributed by atoms with Crippen molar-refractivity contribution in [2.24, 2.45) is 5.73 Å². The molecule has 1 aromatic carbocycles. The molecule has 0 spiro atoms. The minimum atomic E-state index is -0.515. The molecule has 1 heterocycles. The Hall–Kier alpha value is -1.74. The topological polar surface area (TPSA) is 48.0 Å². The third kappa shape index (κ3) is 2.06. The van der Waals surface area contributed by atoms with Gasteiger partial charge in [-0.15, -0.1) is 0 Å². The summed E-state index contributed by atoms with van der Waals surface area (Å²) in [5.41, 5.74) is 8.71. The molecule has 4 heteroatoms. The van der Waals surface area contributed by atoms with Crippen LogP contribution in [0.1, 0.15) is 21.7 Å². The van der Waals surface area contributed by atoms with Crippen molar-refractivity contribution in [3.8, 4) is 5.69 Å². The van der Waals surface area contributed by atoms with Crippen molar-refractivity contribution in [2.45, 2.75) is 13.8 Å². The molecule has 17 heavy (non-hydrogen) atoms. The molecular weight excluding hydrogens is 236 g/mol. The number of carbonyl (C=O) groups excluding carboxylic acids is 1. The second kappa shape index (κ2) is 4.26. The summed E-state index contributed by atoms with van der Waals surface area (Å²) in [6.07, 6.45) is 0. The molecule has 0 fully saturated rings. The number of rotatable bonds is 2. The van der Waals surface area contributed by atoms with Gasteiger partial charge in [0.25, 0.3) is 0 Å². The summed E-state index contributed by atoms with van der Waals surface area (Å²) < 4.78 is 2.04.